The predicted molar refractivity (Wildman–Crippen MR) is 46.0 cm³/mol. The summed E-state index contributed by atoms with van der Waals surface area (Å²) < 4.78 is 13.0. The van der Waals surface area contributed by atoms with E-state index in [-0.39, 0.29) is 11.4 Å². The van der Waals surface area contributed by atoms with Gasteiger partial charge in [0.05, 0.1) is 0 Å². The lowest BCUT2D eigenvalue weighted by Crippen LogP contribution is -1.93. The van der Waals surface area contributed by atoms with Gasteiger partial charge in [-0.3, -0.25) is 4.79 Å². The summed E-state index contributed by atoms with van der Waals surface area (Å²) in [5.74, 6) is -0.371. The maximum Gasteiger partial charge on any atom is 0.252 e. The molecule has 0 aliphatic carbocycles. The molecule has 0 amide bonds. The summed E-state index contributed by atoms with van der Waals surface area (Å²) in [6, 6.07) is 4.26. The molecular weight excluding hydrogens is 179 g/mol. The number of carbonyl (C=O) groups excluding carboxylic acids is 1. The van der Waals surface area contributed by atoms with Gasteiger partial charge in [0.15, 0.2) is 0 Å². The fourth-order valence-corrected chi connectivity index (χ4v) is 1.07. The molecule has 3 heteroatoms. The van der Waals surface area contributed by atoms with Crippen molar-refractivity contribution < 1.29 is 9.18 Å². The number of hydrogen-bond donors (Lipinski definition) is 0. The number of aryl methyl sites for hydroxylation is 1. The Morgan fingerprint density at radius 2 is 2.25 bits per heavy atom. The van der Waals surface area contributed by atoms with Gasteiger partial charge in [0, 0.05) is 5.56 Å². The molecule has 0 aliphatic rings. The lowest BCUT2D eigenvalue weighted by Gasteiger charge is -1.99. The van der Waals surface area contributed by atoms with Crippen molar-refractivity contribution in [2.75, 3.05) is 0 Å². The van der Waals surface area contributed by atoms with E-state index in [2.05, 4.69) is 0 Å². The fraction of sp³-hybridized carbons (Fsp3) is 0.222. The van der Waals surface area contributed by atoms with E-state index < -0.39 is 5.24 Å². The third kappa shape index (κ3) is 1.83. The molecule has 12 heavy (non-hydrogen) atoms. The Morgan fingerprint density at radius 3 is 2.67 bits per heavy atom. The van der Waals surface area contributed by atoms with Gasteiger partial charge in [-0.1, -0.05) is 13.0 Å². The topological polar surface area (TPSA) is 17.1 Å². The molecule has 0 fully saturated rings. The van der Waals surface area contributed by atoms with Gasteiger partial charge in [0.2, 0.25) is 0 Å². The zero-order chi connectivity index (χ0) is 9.14. The van der Waals surface area contributed by atoms with E-state index in [4.69, 9.17) is 11.6 Å². The van der Waals surface area contributed by atoms with Gasteiger partial charge in [-0.05, 0) is 35.7 Å². The van der Waals surface area contributed by atoms with E-state index in [1.807, 2.05) is 6.92 Å². The molecule has 0 radical (unpaired) electrons. The summed E-state index contributed by atoms with van der Waals surface area (Å²) in [5, 5.41) is -0.628. The normalized spacial score (nSPS) is 9.92. The van der Waals surface area contributed by atoms with Gasteiger partial charge in [-0.2, -0.15) is 0 Å². The van der Waals surface area contributed by atoms with Crippen molar-refractivity contribution in [2.45, 2.75) is 13.3 Å². The van der Waals surface area contributed by atoms with Gasteiger partial charge in [-0.15, -0.1) is 0 Å². The molecule has 0 atom stereocenters. The van der Waals surface area contributed by atoms with E-state index in [0.29, 0.717) is 12.0 Å². The Balaban J connectivity index is 3.10. The van der Waals surface area contributed by atoms with Crippen LogP contribution < -0.4 is 0 Å². The van der Waals surface area contributed by atoms with Gasteiger partial charge >= 0.3 is 0 Å². The minimum atomic E-state index is -0.628. The SMILES string of the molecule is CCc1ccc(C(=O)Cl)cc1F. The molecule has 1 aromatic carbocycles. The monoisotopic (exact) mass is 186 g/mol. The van der Waals surface area contributed by atoms with Crippen LogP contribution in [-0.4, -0.2) is 5.24 Å². The maximum absolute atomic E-state index is 13.0. The summed E-state index contributed by atoms with van der Waals surface area (Å²) in [4.78, 5) is 10.6. The van der Waals surface area contributed by atoms with Crippen LogP contribution >= 0.6 is 11.6 Å². The van der Waals surface area contributed by atoms with E-state index >= 15 is 0 Å². The zero-order valence-corrected chi connectivity index (χ0v) is 7.36. The Hall–Kier alpha value is -0.890. The van der Waals surface area contributed by atoms with Crippen molar-refractivity contribution in [1.29, 1.82) is 0 Å². The molecule has 1 nitrogen and oxygen atoms in total. The number of rotatable bonds is 2. The van der Waals surface area contributed by atoms with Crippen LogP contribution in [0.2, 0.25) is 0 Å². The standard InChI is InChI=1S/C9H8ClFO/c1-2-6-3-4-7(9(10)12)5-8(6)11/h3-5H,2H2,1H3. The van der Waals surface area contributed by atoms with Crippen LogP contribution in [0.25, 0.3) is 0 Å². The Morgan fingerprint density at radius 1 is 1.58 bits per heavy atom. The van der Waals surface area contributed by atoms with Crippen molar-refractivity contribution in [1.82, 2.24) is 0 Å². The highest BCUT2D eigenvalue weighted by Gasteiger charge is 2.05. The summed E-state index contributed by atoms with van der Waals surface area (Å²) in [6.07, 6.45) is 0.614. The first kappa shape index (κ1) is 9.20. The molecule has 0 unspecified atom stereocenters. The summed E-state index contributed by atoms with van der Waals surface area (Å²) in [5.41, 5.74) is 0.794. The smallest absolute Gasteiger partial charge is 0.252 e. The van der Waals surface area contributed by atoms with Crippen molar-refractivity contribution in [2.24, 2.45) is 0 Å². The van der Waals surface area contributed by atoms with E-state index in [1.54, 1.807) is 6.07 Å². The Labute approximate surface area is 75.2 Å². The van der Waals surface area contributed by atoms with Crippen LogP contribution in [0.5, 0.6) is 0 Å². The number of hydrogen-bond acceptors (Lipinski definition) is 1. The number of benzene rings is 1. The van der Waals surface area contributed by atoms with Gasteiger partial charge in [0.1, 0.15) is 5.82 Å². The molecule has 1 rings (SSSR count). The van der Waals surface area contributed by atoms with Crippen molar-refractivity contribution >= 4 is 16.8 Å². The van der Waals surface area contributed by atoms with E-state index in [9.17, 15) is 9.18 Å². The van der Waals surface area contributed by atoms with Gasteiger partial charge in [0.25, 0.3) is 5.24 Å². The van der Waals surface area contributed by atoms with Crippen LogP contribution in [0, 0.1) is 5.82 Å². The lowest BCUT2D eigenvalue weighted by atomic mass is 10.1. The molecule has 0 heterocycles. The zero-order valence-electron chi connectivity index (χ0n) is 6.60. The molecule has 0 N–H and O–H groups in total. The second kappa shape index (κ2) is 3.68. The number of halogens is 2. The molecule has 0 aromatic heterocycles. The highest BCUT2D eigenvalue weighted by Crippen LogP contribution is 2.12. The highest BCUT2D eigenvalue weighted by atomic mass is 35.5. The summed E-state index contributed by atoms with van der Waals surface area (Å²) >= 11 is 5.17. The van der Waals surface area contributed by atoms with Gasteiger partial charge in [-0.25, -0.2) is 4.39 Å². The minimum Gasteiger partial charge on any atom is -0.276 e. The van der Waals surface area contributed by atoms with Crippen molar-refractivity contribution in [3.8, 4) is 0 Å². The summed E-state index contributed by atoms with van der Waals surface area (Å²) in [7, 11) is 0. The third-order valence-electron chi connectivity index (χ3n) is 1.66. The average Bonchev–Trinajstić information content (AvgIpc) is 2.04. The van der Waals surface area contributed by atoms with Crippen LogP contribution in [0.1, 0.15) is 22.8 Å². The van der Waals surface area contributed by atoms with Crippen LogP contribution in [0.3, 0.4) is 0 Å². The molecule has 0 saturated carbocycles. The van der Waals surface area contributed by atoms with Crippen LogP contribution in [-0.2, 0) is 6.42 Å². The number of carbonyl (C=O) groups is 1. The van der Waals surface area contributed by atoms with Crippen molar-refractivity contribution in [3.63, 3.8) is 0 Å². The molecule has 1 aromatic rings. The quantitative estimate of drug-likeness (QED) is 0.650. The predicted octanol–water partition coefficient (Wildman–Crippen LogP) is 2.77. The molecule has 0 aliphatic heterocycles. The Kier molecular flexibility index (Phi) is 2.82. The van der Waals surface area contributed by atoms with Crippen molar-refractivity contribution in [3.05, 3.63) is 35.1 Å². The van der Waals surface area contributed by atoms with E-state index in [0.717, 1.165) is 6.07 Å². The highest BCUT2D eigenvalue weighted by molar-refractivity contribution is 6.67. The molecule has 0 bridgehead atoms. The summed E-state index contributed by atoms with van der Waals surface area (Å²) in [6.45, 7) is 1.85. The second-order valence-corrected chi connectivity index (χ2v) is 2.78. The maximum atomic E-state index is 13.0. The second-order valence-electron chi connectivity index (χ2n) is 2.43. The van der Waals surface area contributed by atoms with Crippen LogP contribution in [0.4, 0.5) is 4.39 Å². The molecule has 64 valence electrons. The van der Waals surface area contributed by atoms with Crippen LogP contribution in [0.15, 0.2) is 18.2 Å². The molecular formula is C9H8ClFO. The Bertz CT molecular complexity index is 309. The first-order valence-electron chi connectivity index (χ1n) is 3.63. The minimum absolute atomic E-state index is 0.200. The fourth-order valence-electron chi connectivity index (χ4n) is 0.956. The van der Waals surface area contributed by atoms with E-state index in [1.165, 1.54) is 6.07 Å². The average molecular weight is 187 g/mol. The largest absolute Gasteiger partial charge is 0.276 e. The first-order chi connectivity index (χ1) is 5.65. The molecule has 0 spiro atoms. The lowest BCUT2D eigenvalue weighted by molar-refractivity contribution is 0.108. The van der Waals surface area contributed by atoms with Gasteiger partial charge < -0.3 is 0 Å². The third-order valence-corrected chi connectivity index (χ3v) is 1.88. The molecule has 0 saturated heterocycles. The first-order valence-corrected chi connectivity index (χ1v) is 4.01.